The van der Waals surface area contributed by atoms with Gasteiger partial charge in [-0.15, -0.1) is 0 Å². The van der Waals surface area contributed by atoms with Crippen molar-refractivity contribution in [2.24, 2.45) is 5.73 Å². The third-order valence-corrected chi connectivity index (χ3v) is 3.88. The van der Waals surface area contributed by atoms with Gasteiger partial charge in [-0.05, 0) is 12.8 Å². The first-order valence-electron chi connectivity index (χ1n) is 6.44. The Kier molecular flexibility index (Phi) is 2.82. The number of fused-ring (bicyclic) bond motifs is 1. The third-order valence-electron chi connectivity index (χ3n) is 3.88. The average molecular weight is 262 g/mol. The molecule has 0 amide bonds. The molecule has 1 aliphatic carbocycles. The van der Waals surface area contributed by atoms with E-state index in [1.807, 2.05) is 6.20 Å². The average Bonchev–Trinajstić information content (AvgIpc) is 3.04. The number of nitrogens with one attached hydrogen (secondary N) is 1. The molecule has 2 aromatic rings. The van der Waals surface area contributed by atoms with E-state index in [4.69, 9.17) is 15.2 Å². The van der Waals surface area contributed by atoms with Crippen LogP contribution in [-0.4, -0.2) is 29.2 Å². The number of hydrogen-bond donors (Lipinski definition) is 2. The number of aromatic amines is 1. The van der Waals surface area contributed by atoms with Crippen LogP contribution >= 0.6 is 0 Å². The summed E-state index contributed by atoms with van der Waals surface area (Å²) in [4.78, 5) is 11.8. The van der Waals surface area contributed by atoms with Crippen molar-refractivity contribution in [2.45, 2.75) is 31.2 Å². The molecular weight excluding hydrogens is 244 g/mol. The number of methoxy groups -OCH3 is 2. The maximum absolute atomic E-state index is 6.51. The summed E-state index contributed by atoms with van der Waals surface area (Å²) in [5, 5.41) is 0. The lowest BCUT2D eigenvalue weighted by atomic mass is 9.91. The van der Waals surface area contributed by atoms with Crippen molar-refractivity contribution < 1.29 is 9.47 Å². The Balaban J connectivity index is 2.21. The lowest BCUT2D eigenvalue weighted by molar-refractivity contribution is 0.356. The first-order valence-corrected chi connectivity index (χ1v) is 6.44. The number of H-pyrrole nitrogens is 1. The van der Waals surface area contributed by atoms with E-state index in [9.17, 15) is 0 Å². The molecule has 0 bridgehead atoms. The van der Waals surface area contributed by atoms with Crippen LogP contribution in [-0.2, 0) is 5.54 Å². The normalized spacial score (nSPS) is 17.8. The molecule has 0 aliphatic heterocycles. The van der Waals surface area contributed by atoms with Crippen LogP contribution < -0.4 is 15.2 Å². The van der Waals surface area contributed by atoms with E-state index in [0.717, 1.165) is 42.3 Å². The van der Waals surface area contributed by atoms with E-state index in [-0.39, 0.29) is 5.54 Å². The maximum Gasteiger partial charge on any atom is 0.320 e. The molecule has 102 valence electrons. The second-order valence-electron chi connectivity index (χ2n) is 5.01. The molecular formula is C13H18N4O2. The number of nitrogens with two attached hydrogens (primary N) is 1. The highest BCUT2D eigenvalue weighted by atomic mass is 16.5. The SMILES string of the molecule is COc1nc(OC)c2[nH]cc(C3(N)CCCC3)c2n1. The first-order chi connectivity index (χ1) is 9.18. The van der Waals surface area contributed by atoms with Crippen molar-refractivity contribution in [3.63, 3.8) is 0 Å². The van der Waals surface area contributed by atoms with Crippen LogP contribution in [0.25, 0.3) is 11.0 Å². The summed E-state index contributed by atoms with van der Waals surface area (Å²) in [6.07, 6.45) is 6.20. The van der Waals surface area contributed by atoms with Crippen molar-refractivity contribution >= 4 is 11.0 Å². The van der Waals surface area contributed by atoms with Gasteiger partial charge in [0.15, 0.2) is 0 Å². The highest BCUT2D eigenvalue weighted by Crippen LogP contribution is 2.40. The van der Waals surface area contributed by atoms with Crippen LogP contribution in [0.1, 0.15) is 31.2 Å². The minimum atomic E-state index is -0.303. The second kappa shape index (κ2) is 4.38. The summed E-state index contributed by atoms with van der Waals surface area (Å²) in [5.41, 5.74) is 8.81. The standard InChI is InChI=1S/C13H18N4O2/c1-18-11-10-9(16-12(17-11)19-2)8(7-15-10)13(14)5-3-4-6-13/h7,15H,3-6,14H2,1-2H3. The topological polar surface area (TPSA) is 86.0 Å². The van der Waals surface area contributed by atoms with Crippen molar-refractivity contribution in [3.05, 3.63) is 11.8 Å². The van der Waals surface area contributed by atoms with Crippen LogP contribution in [0.4, 0.5) is 0 Å². The predicted molar refractivity (Wildman–Crippen MR) is 71.3 cm³/mol. The zero-order chi connectivity index (χ0) is 13.5. The van der Waals surface area contributed by atoms with E-state index in [2.05, 4.69) is 15.0 Å². The zero-order valence-electron chi connectivity index (χ0n) is 11.2. The predicted octanol–water partition coefficient (Wildman–Crippen LogP) is 1.70. The van der Waals surface area contributed by atoms with Crippen LogP contribution in [0.2, 0.25) is 0 Å². The quantitative estimate of drug-likeness (QED) is 0.879. The van der Waals surface area contributed by atoms with E-state index >= 15 is 0 Å². The molecule has 0 saturated heterocycles. The largest absolute Gasteiger partial charge is 0.479 e. The van der Waals surface area contributed by atoms with E-state index in [1.54, 1.807) is 14.2 Å². The van der Waals surface area contributed by atoms with E-state index in [0.29, 0.717) is 11.9 Å². The molecule has 2 aromatic heterocycles. The van der Waals surface area contributed by atoms with Crippen LogP contribution in [0.5, 0.6) is 11.9 Å². The summed E-state index contributed by atoms with van der Waals surface area (Å²) >= 11 is 0. The molecule has 6 heteroatoms. The summed E-state index contributed by atoms with van der Waals surface area (Å²) in [5.74, 6) is 0.481. The molecule has 3 N–H and O–H groups in total. The molecule has 1 aliphatic rings. The van der Waals surface area contributed by atoms with Gasteiger partial charge in [-0.25, -0.2) is 0 Å². The van der Waals surface area contributed by atoms with Gasteiger partial charge in [-0.2, -0.15) is 9.97 Å². The number of nitrogens with zero attached hydrogens (tertiary/aromatic N) is 2. The van der Waals surface area contributed by atoms with Gasteiger partial charge in [0.05, 0.1) is 14.2 Å². The van der Waals surface area contributed by atoms with E-state index < -0.39 is 0 Å². The molecule has 6 nitrogen and oxygen atoms in total. The van der Waals surface area contributed by atoms with Crippen molar-refractivity contribution in [2.75, 3.05) is 14.2 Å². The van der Waals surface area contributed by atoms with Gasteiger partial charge < -0.3 is 20.2 Å². The van der Waals surface area contributed by atoms with Crippen molar-refractivity contribution in [3.8, 4) is 11.9 Å². The monoisotopic (exact) mass is 262 g/mol. The lowest BCUT2D eigenvalue weighted by Gasteiger charge is -2.22. The zero-order valence-corrected chi connectivity index (χ0v) is 11.2. The maximum atomic E-state index is 6.51. The van der Waals surface area contributed by atoms with Gasteiger partial charge in [0.1, 0.15) is 11.0 Å². The number of rotatable bonds is 3. The van der Waals surface area contributed by atoms with Crippen molar-refractivity contribution in [1.82, 2.24) is 15.0 Å². The van der Waals surface area contributed by atoms with Crippen molar-refractivity contribution in [1.29, 1.82) is 0 Å². The Morgan fingerprint density at radius 1 is 1.21 bits per heavy atom. The number of aromatic nitrogens is 3. The van der Waals surface area contributed by atoms with Crippen LogP contribution in [0.3, 0.4) is 0 Å². The minimum Gasteiger partial charge on any atom is -0.479 e. The Labute approximate surface area is 111 Å². The Bertz CT molecular complexity index is 602. The number of ether oxygens (including phenoxy) is 2. The summed E-state index contributed by atoms with van der Waals surface area (Å²) < 4.78 is 10.4. The lowest BCUT2D eigenvalue weighted by Crippen LogP contribution is -2.32. The smallest absolute Gasteiger partial charge is 0.320 e. The summed E-state index contributed by atoms with van der Waals surface area (Å²) in [6, 6.07) is 0.298. The van der Waals surface area contributed by atoms with Gasteiger partial charge in [0.25, 0.3) is 0 Å². The van der Waals surface area contributed by atoms with Gasteiger partial charge in [0.2, 0.25) is 5.88 Å². The van der Waals surface area contributed by atoms with Crippen LogP contribution in [0.15, 0.2) is 6.20 Å². The highest BCUT2D eigenvalue weighted by Gasteiger charge is 2.34. The molecule has 2 heterocycles. The molecule has 19 heavy (non-hydrogen) atoms. The van der Waals surface area contributed by atoms with Gasteiger partial charge in [-0.1, -0.05) is 12.8 Å². The van der Waals surface area contributed by atoms with E-state index in [1.165, 1.54) is 0 Å². The van der Waals surface area contributed by atoms with Gasteiger partial charge in [-0.3, -0.25) is 0 Å². The Hall–Kier alpha value is -1.82. The van der Waals surface area contributed by atoms with Crippen LogP contribution in [0, 0.1) is 0 Å². The second-order valence-corrected chi connectivity index (χ2v) is 5.01. The molecule has 0 unspecified atom stereocenters. The van der Waals surface area contributed by atoms with Gasteiger partial charge >= 0.3 is 6.01 Å². The molecule has 0 radical (unpaired) electrons. The summed E-state index contributed by atoms with van der Waals surface area (Å²) in [7, 11) is 3.12. The highest BCUT2D eigenvalue weighted by molar-refractivity contribution is 5.84. The Morgan fingerprint density at radius 2 is 1.95 bits per heavy atom. The fraction of sp³-hybridized carbons (Fsp3) is 0.538. The van der Waals surface area contributed by atoms with Gasteiger partial charge in [0, 0.05) is 17.3 Å². The molecule has 1 saturated carbocycles. The number of hydrogen-bond acceptors (Lipinski definition) is 5. The molecule has 1 fully saturated rings. The summed E-state index contributed by atoms with van der Waals surface area (Å²) in [6.45, 7) is 0. The molecule has 3 rings (SSSR count). The fourth-order valence-corrected chi connectivity index (χ4v) is 2.85. The fourth-order valence-electron chi connectivity index (χ4n) is 2.85. The third kappa shape index (κ3) is 1.83. The minimum absolute atomic E-state index is 0.298. The molecule has 0 spiro atoms. The molecule has 0 atom stereocenters. The first kappa shape index (κ1) is 12.2. The molecule has 0 aromatic carbocycles. The Morgan fingerprint density at radius 3 is 2.58 bits per heavy atom.